The lowest BCUT2D eigenvalue weighted by Crippen LogP contribution is -2.32. The van der Waals surface area contributed by atoms with Gasteiger partial charge in [-0.25, -0.2) is 4.79 Å². The highest BCUT2D eigenvalue weighted by atomic mass is 16.4. The molecule has 20 heavy (non-hydrogen) atoms. The molecular weight excluding hydrogens is 256 g/mol. The fourth-order valence-corrected chi connectivity index (χ4v) is 1.96. The van der Waals surface area contributed by atoms with E-state index < -0.39 is 5.97 Å². The summed E-state index contributed by atoms with van der Waals surface area (Å²) in [5.74, 6) is -1.38. The number of nitrogens with two attached hydrogens (primary N) is 1. The lowest BCUT2D eigenvalue weighted by Gasteiger charge is -2.24. The Hall–Kier alpha value is -1.88. The highest BCUT2D eigenvalue weighted by Crippen LogP contribution is 2.24. The van der Waals surface area contributed by atoms with Crippen molar-refractivity contribution in [2.24, 2.45) is 17.1 Å². The first-order chi connectivity index (χ1) is 9.23. The molecule has 5 nitrogen and oxygen atoms in total. The number of amides is 1. The van der Waals surface area contributed by atoms with Crippen LogP contribution in [-0.2, 0) is 4.79 Å². The van der Waals surface area contributed by atoms with Gasteiger partial charge in [-0.1, -0.05) is 20.8 Å². The van der Waals surface area contributed by atoms with E-state index in [9.17, 15) is 9.59 Å². The number of nitrogens with one attached hydrogen (secondary N) is 1. The first-order valence-electron chi connectivity index (χ1n) is 6.57. The minimum atomic E-state index is -0.990. The molecular formula is C15H22N2O3. The van der Waals surface area contributed by atoms with Crippen LogP contribution in [0.5, 0.6) is 0 Å². The van der Waals surface area contributed by atoms with Crippen molar-refractivity contribution < 1.29 is 14.7 Å². The number of carbonyl (C=O) groups is 2. The van der Waals surface area contributed by atoms with Gasteiger partial charge in [0.2, 0.25) is 5.91 Å². The molecule has 1 amide bonds. The van der Waals surface area contributed by atoms with Crippen LogP contribution in [0, 0.1) is 11.3 Å². The monoisotopic (exact) mass is 278 g/mol. The summed E-state index contributed by atoms with van der Waals surface area (Å²) in [4.78, 5) is 22.9. The highest BCUT2D eigenvalue weighted by Gasteiger charge is 2.23. The van der Waals surface area contributed by atoms with E-state index in [2.05, 4.69) is 26.1 Å². The van der Waals surface area contributed by atoms with Crippen molar-refractivity contribution in [3.05, 3.63) is 29.8 Å². The van der Waals surface area contributed by atoms with E-state index in [1.807, 2.05) is 0 Å². The van der Waals surface area contributed by atoms with E-state index in [4.69, 9.17) is 10.8 Å². The van der Waals surface area contributed by atoms with Crippen molar-refractivity contribution in [2.75, 3.05) is 11.9 Å². The number of aromatic carboxylic acids is 1. The number of carbonyl (C=O) groups excluding carboxylic acids is 1. The summed E-state index contributed by atoms with van der Waals surface area (Å²) in [6.07, 6.45) is 0.697. The molecule has 0 saturated heterocycles. The van der Waals surface area contributed by atoms with Gasteiger partial charge in [0.25, 0.3) is 0 Å². The van der Waals surface area contributed by atoms with Crippen molar-refractivity contribution in [3.8, 4) is 0 Å². The van der Waals surface area contributed by atoms with Crippen molar-refractivity contribution in [1.82, 2.24) is 0 Å². The molecule has 110 valence electrons. The largest absolute Gasteiger partial charge is 0.478 e. The zero-order chi connectivity index (χ0) is 15.3. The van der Waals surface area contributed by atoms with Gasteiger partial charge in [-0.3, -0.25) is 4.79 Å². The zero-order valence-corrected chi connectivity index (χ0v) is 12.1. The second-order valence-corrected chi connectivity index (χ2v) is 6.07. The van der Waals surface area contributed by atoms with Gasteiger partial charge in [0.1, 0.15) is 0 Å². The maximum Gasteiger partial charge on any atom is 0.335 e. The normalized spacial score (nSPS) is 12.8. The minimum Gasteiger partial charge on any atom is -0.478 e. The average molecular weight is 278 g/mol. The predicted octanol–water partition coefficient (Wildman–Crippen LogP) is 2.33. The van der Waals surface area contributed by atoms with Gasteiger partial charge >= 0.3 is 5.97 Å². The van der Waals surface area contributed by atoms with Crippen LogP contribution in [0.1, 0.15) is 37.6 Å². The maximum atomic E-state index is 12.1. The Bertz CT molecular complexity index is 475. The van der Waals surface area contributed by atoms with Gasteiger partial charge in [0.15, 0.2) is 0 Å². The summed E-state index contributed by atoms with van der Waals surface area (Å²) < 4.78 is 0. The Kier molecular flexibility index (Phi) is 5.27. The zero-order valence-electron chi connectivity index (χ0n) is 12.1. The Labute approximate surface area is 119 Å². The summed E-state index contributed by atoms with van der Waals surface area (Å²) in [5.41, 5.74) is 6.45. The summed E-state index contributed by atoms with van der Waals surface area (Å²) in [5, 5.41) is 11.6. The van der Waals surface area contributed by atoms with Crippen LogP contribution in [0.2, 0.25) is 0 Å². The number of carboxylic acid groups (broad SMARTS) is 1. The van der Waals surface area contributed by atoms with Gasteiger partial charge in [-0.05, 0) is 36.1 Å². The molecule has 0 bridgehead atoms. The van der Waals surface area contributed by atoms with Crippen LogP contribution in [0.15, 0.2) is 24.3 Å². The SMILES string of the molecule is CC(C)(C)CC(CN)C(=O)Nc1ccc(C(=O)O)cc1. The molecule has 0 aliphatic rings. The van der Waals surface area contributed by atoms with E-state index >= 15 is 0 Å². The summed E-state index contributed by atoms with van der Waals surface area (Å²) in [7, 11) is 0. The van der Waals surface area contributed by atoms with Crippen molar-refractivity contribution in [3.63, 3.8) is 0 Å². The summed E-state index contributed by atoms with van der Waals surface area (Å²) >= 11 is 0. The molecule has 0 saturated carbocycles. The standard InChI is InChI=1S/C15H22N2O3/c1-15(2,3)8-11(9-16)13(18)17-12-6-4-10(5-7-12)14(19)20/h4-7,11H,8-9,16H2,1-3H3,(H,17,18)(H,19,20). The molecule has 1 rings (SSSR count). The number of rotatable bonds is 5. The lowest BCUT2D eigenvalue weighted by molar-refractivity contribution is -0.120. The quantitative estimate of drug-likeness (QED) is 0.770. The molecule has 1 aromatic rings. The Morgan fingerprint density at radius 1 is 1.25 bits per heavy atom. The molecule has 0 heterocycles. The smallest absolute Gasteiger partial charge is 0.335 e. The van der Waals surface area contributed by atoms with Crippen LogP contribution in [0.3, 0.4) is 0 Å². The highest BCUT2D eigenvalue weighted by molar-refractivity contribution is 5.93. The number of anilines is 1. The molecule has 0 aliphatic carbocycles. The maximum absolute atomic E-state index is 12.1. The predicted molar refractivity (Wildman–Crippen MR) is 78.6 cm³/mol. The second kappa shape index (κ2) is 6.52. The number of hydrogen-bond donors (Lipinski definition) is 3. The molecule has 0 fully saturated rings. The van der Waals surface area contributed by atoms with Crippen LogP contribution in [0.25, 0.3) is 0 Å². The molecule has 0 radical (unpaired) electrons. The first-order valence-corrected chi connectivity index (χ1v) is 6.57. The lowest BCUT2D eigenvalue weighted by atomic mass is 9.84. The molecule has 0 aliphatic heterocycles. The van der Waals surface area contributed by atoms with Crippen LogP contribution in [-0.4, -0.2) is 23.5 Å². The number of benzene rings is 1. The molecule has 1 unspecified atom stereocenters. The third kappa shape index (κ3) is 5.01. The second-order valence-electron chi connectivity index (χ2n) is 6.07. The summed E-state index contributed by atoms with van der Waals surface area (Å²) in [6.45, 7) is 6.47. The Balaban J connectivity index is 2.71. The van der Waals surface area contributed by atoms with Crippen molar-refractivity contribution >= 4 is 17.6 Å². The summed E-state index contributed by atoms with van der Waals surface area (Å²) in [6, 6.07) is 6.07. The van der Waals surface area contributed by atoms with E-state index in [0.29, 0.717) is 12.1 Å². The third-order valence-corrected chi connectivity index (χ3v) is 2.91. The van der Waals surface area contributed by atoms with Crippen molar-refractivity contribution in [2.45, 2.75) is 27.2 Å². The van der Waals surface area contributed by atoms with E-state index in [-0.39, 0.29) is 29.3 Å². The van der Waals surface area contributed by atoms with Gasteiger partial charge in [-0.2, -0.15) is 0 Å². The molecule has 1 atom stereocenters. The Morgan fingerprint density at radius 2 is 1.80 bits per heavy atom. The third-order valence-electron chi connectivity index (χ3n) is 2.91. The fourth-order valence-electron chi connectivity index (χ4n) is 1.96. The molecule has 5 heteroatoms. The Morgan fingerprint density at radius 3 is 2.20 bits per heavy atom. The number of carboxylic acids is 1. The van der Waals surface area contributed by atoms with E-state index in [1.54, 1.807) is 12.1 Å². The fraction of sp³-hybridized carbons (Fsp3) is 0.467. The topological polar surface area (TPSA) is 92.4 Å². The van der Waals surface area contributed by atoms with Gasteiger partial charge in [0.05, 0.1) is 11.5 Å². The van der Waals surface area contributed by atoms with Crippen LogP contribution >= 0.6 is 0 Å². The molecule has 0 aromatic heterocycles. The van der Waals surface area contributed by atoms with Gasteiger partial charge in [-0.15, -0.1) is 0 Å². The first kappa shape index (κ1) is 16.2. The van der Waals surface area contributed by atoms with Crippen molar-refractivity contribution in [1.29, 1.82) is 0 Å². The van der Waals surface area contributed by atoms with Crippen LogP contribution in [0.4, 0.5) is 5.69 Å². The molecule has 1 aromatic carbocycles. The van der Waals surface area contributed by atoms with E-state index in [0.717, 1.165) is 0 Å². The minimum absolute atomic E-state index is 0.0224. The van der Waals surface area contributed by atoms with E-state index in [1.165, 1.54) is 12.1 Å². The molecule has 0 spiro atoms. The number of hydrogen-bond acceptors (Lipinski definition) is 3. The van der Waals surface area contributed by atoms with Gasteiger partial charge < -0.3 is 16.2 Å². The van der Waals surface area contributed by atoms with Crippen LogP contribution < -0.4 is 11.1 Å². The van der Waals surface area contributed by atoms with Gasteiger partial charge in [0, 0.05) is 12.2 Å². The average Bonchev–Trinajstić information content (AvgIpc) is 2.35. The molecule has 4 N–H and O–H groups in total.